The van der Waals surface area contributed by atoms with Crippen molar-refractivity contribution in [3.05, 3.63) is 17.5 Å². The van der Waals surface area contributed by atoms with Gasteiger partial charge in [0, 0.05) is 19.2 Å². The number of hydrogen-bond donors (Lipinski definition) is 0. The van der Waals surface area contributed by atoms with Gasteiger partial charge < -0.3 is 0 Å². The van der Waals surface area contributed by atoms with Gasteiger partial charge >= 0.3 is 0 Å². The zero-order chi connectivity index (χ0) is 9.84. The summed E-state index contributed by atoms with van der Waals surface area (Å²) in [6.07, 6.45) is 2.44. The Morgan fingerprint density at radius 1 is 1.69 bits per heavy atom. The Bertz CT molecular complexity index is 307. The van der Waals surface area contributed by atoms with E-state index in [2.05, 4.69) is 5.10 Å². The molecule has 0 spiro atoms. The van der Waals surface area contributed by atoms with Crippen molar-refractivity contribution in [2.24, 2.45) is 7.05 Å². The molecule has 0 aromatic carbocycles. The van der Waals surface area contributed by atoms with Gasteiger partial charge in [0.25, 0.3) is 0 Å². The van der Waals surface area contributed by atoms with E-state index in [1.165, 1.54) is 0 Å². The molecule has 0 bridgehead atoms. The largest absolute Gasteiger partial charge is 0.298 e. The first-order valence-corrected chi connectivity index (χ1v) is 5.53. The van der Waals surface area contributed by atoms with Crippen LogP contribution in [0.4, 0.5) is 0 Å². The van der Waals surface area contributed by atoms with Crippen LogP contribution in [-0.4, -0.2) is 27.6 Å². The molecule has 0 aliphatic heterocycles. The molecule has 0 amide bonds. The minimum Gasteiger partial charge on any atom is -0.298 e. The maximum Gasteiger partial charge on any atom is 0.148 e. The summed E-state index contributed by atoms with van der Waals surface area (Å²) in [4.78, 5) is 11.3. The number of thioether (sulfide) groups is 1. The highest BCUT2D eigenvalue weighted by molar-refractivity contribution is 7.99. The molecule has 1 heterocycles. The highest BCUT2D eigenvalue weighted by Gasteiger charge is 2.07. The second-order valence-electron chi connectivity index (χ2n) is 3.05. The van der Waals surface area contributed by atoms with Crippen LogP contribution in [0.25, 0.3) is 0 Å². The van der Waals surface area contributed by atoms with Crippen LogP contribution < -0.4 is 0 Å². The minimum atomic E-state index is 0.260. The van der Waals surface area contributed by atoms with E-state index in [1.54, 1.807) is 16.4 Å². The summed E-state index contributed by atoms with van der Waals surface area (Å²) in [6, 6.07) is 1.96. The maximum absolute atomic E-state index is 11.3. The number of aryl methyl sites for hydroxylation is 2. The predicted molar refractivity (Wildman–Crippen MR) is 55.0 cm³/mol. The highest BCUT2D eigenvalue weighted by Crippen LogP contribution is 2.04. The average molecular weight is 198 g/mol. The third-order valence-electron chi connectivity index (χ3n) is 1.78. The van der Waals surface area contributed by atoms with Gasteiger partial charge in [-0.3, -0.25) is 9.48 Å². The molecule has 0 aliphatic rings. The summed E-state index contributed by atoms with van der Waals surface area (Å²) < 4.78 is 1.77. The summed E-state index contributed by atoms with van der Waals surface area (Å²) in [5, 5.41) is 4.18. The van der Waals surface area contributed by atoms with Crippen molar-refractivity contribution in [1.82, 2.24) is 9.78 Å². The first-order valence-electron chi connectivity index (χ1n) is 4.13. The van der Waals surface area contributed by atoms with Crippen molar-refractivity contribution in [2.45, 2.75) is 13.3 Å². The van der Waals surface area contributed by atoms with E-state index < -0.39 is 0 Å². The fourth-order valence-electron chi connectivity index (χ4n) is 1.24. The van der Waals surface area contributed by atoms with Gasteiger partial charge in [0.1, 0.15) is 5.78 Å². The Hall–Kier alpha value is -0.770. The van der Waals surface area contributed by atoms with Gasteiger partial charge in [-0.05, 0) is 19.2 Å². The topological polar surface area (TPSA) is 34.9 Å². The van der Waals surface area contributed by atoms with E-state index in [1.807, 2.05) is 26.3 Å². The van der Waals surface area contributed by atoms with Crippen LogP contribution in [0, 0.1) is 6.92 Å². The maximum atomic E-state index is 11.3. The molecule has 72 valence electrons. The van der Waals surface area contributed by atoms with Crippen molar-refractivity contribution < 1.29 is 4.79 Å². The van der Waals surface area contributed by atoms with Crippen molar-refractivity contribution in [3.8, 4) is 0 Å². The summed E-state index contributed by atoms with van der Waals surface area (Å²) in [6.45, 7) is 1.93. The molecule has 0 atom stereocenters. The molecule has 1 aromatic rings. The van der Waals surface area contributed by atoms with Crippen molar-refractivity contribution in [1.29, 1.82) is 0 Å². The number of nitrogens with zero attached hydrogens (tertiary/aromatic N) is 2. The lowest BCUT2D eigenvalue weighted by atomic mass is 10.2. The SMILES string of the molecule is CSCC(=O)Cc1cc(C)nn1C. The Morgan fingerprint density at radius 3 is 2.85 bits per heavy atom. The molecule has 0 fully saturated rings. The number of Topliss-reactive ketones (excluding diaryl/α,β-unsaturated/α-hetero) is 1. The fraction of sp³-hybridized carbons (Fsp3) is 0.556. The van der Waals surface area contributed by atoms with Gasteiger partial charge in [0.15, 0.2) is 0 Å². The van der Waals surface area contributed by atoms with Gasteiger partial charge in [0.2, 0.25) is 0 Å². The molecular weight excluding hydrogens is 184 g/mol. The third-order valence-corrected chi connectivity index (χ3v) is 2.39. The van der Waals surface area contributed by atoms with Crippen LogP contribution in [0.15, 0.2) is 6.07 Å². The molecule has 13 heavy (non-hydrogen) atoms. The summed E-state index contributed by atoms with van der Waals surface area (Å²) in [7, 11) is 1.87. The smallest absolute Gasteiger partial charge is 0.148 e. The summed E-state index contributed by atoms with van der Waals surface area (Å²) in [5.41, 5.74) is 1.96. The summed E-state index contributed by atoms with van der Waals surface area (Å²) in [5.74, 6) is 0.847. The first kappa shape index (κ1) is 10.3. The van der Waals surface area contributed by atoms with E-state index in [4.69, 9.17) is 0 Å². The second kappa shape index (κ2) is 4.46. The molecular formula is C9H14N2OS. The first-order chi connectivity index (χ1) is 6.13. The molecule has 0 N–H and O–H groups in total. The normalized spacial score (nSPS) is 10.4. The van der Waals surface area contributed by atoms with Crippen LogP contribution in [0.3, 0.4) is 0 Å². The van der Waals surface area contributed by atoms with Crippen molar-refractivity contribution in [2.75, 3.05) is 12.0 Å². The number of carbonyl (C=O) groups is 1. The summed E-state index contributed by atoms with van der Waals surface area (Å²) >= 11 is 1.56. The quantitative estimate of drug-likeness (QED) is 0.729. The van der Waals surface area contributed by atoms with Gasteiger partial charge in [-0.15, -0.1) is 0 Å². The molecule has 3 nitrogen and oxygen atoms in total. The lowest BCUT2D eigenvalue weighted by molar-refractivity contribution is -0.116. The monoisotopic (exact) mass is 198 g/mol. The Morgan fingerprint density at radius 2 is 2.38 bits per heavy atom. The Kier molecular flexibility index (Phi) is 3.54. The van der Waals surface area contributed by atoms with Gasteiger partial charge in [-0.1, -0.05) is 0 Å². The van der Waals surface area contributed by atoms with E-state index in [-0.39, 0.29) is 5.78 Å². The highest BCUT2D eigenvalue weighted by atomic mass is 32.2. The lowest BCUT2D eigenvalue weighted by Crippen LogP contribution is -2.09. The van der Waals surface area contributed by atoms with E-state index >= 15 is 0 Å². The molecule has 0 unspecified atom stereocenters. The molecule has 1 rings (SSSR count). The number of hydrogen-bond acceptors (Lipinski definition) is 3. The Balaban J connectivity index is 2.63. The fourth-order valence-corrected chi connectivity index (χ4v) is 1.67. The van der Waals surface area contributed by atoms with Crippen molar-refractivity contribution >= 4 is 17.5 Å². The molecule has 0 saturated heterocycles. The van der Waals surface area contributed by atoms with Crippen LogP contribution in [-0.2, 0) is 18.3 Å². The van der Waals surface area contributed by atoms with Crippen molar-refractivity contribution in [3.63, 3.8) is 0 Å². The van der Waals surface area contributed by atoms with Crippen LogP contribution >= 0.6 is 11.8 Å². The van der Waals surface area contributed by atoms with Gasteiger partial charge in [-0.2, -0.15) is 16.9 Å². The number of aromatic nitrogens is 2. The van der Waals surface area contributed by atoms with E-state index in [0.717, 1.165) is 11.4 Å². The third kappa shape index (κ3) is 2.88. The molecule has 0 aliphatic carbocycles. The number of ketones is 1. The predicted octanol–water partition coefficient (Wildman–Crippen LogP) is 1.20. The number of rotatable bonds is 4. The van der Waals surface area contributed by atoms with Crippen LogP contribution in [0.2, 0.25) is 0 Å². The Labute approximate surface area is 82.5 Å². The molecule has 0 radical (unpaired) electrons. The lowest BCUT2D eigenvalue weighted by Gasteiger charge is -1.99. The molecule has 1 aromatic heterocycles. The van der Waals surface area contributed by atoms with Gasteiger partial charge in [-0.25, -0.2) is 0 Å². The van der Waals surface area contributed by atoms with Crippen LogP contribution in [0.5, 0.6) is 0 Å². The van der Waals surface area contributed by atoms with E-state index in [9.17, 15) is 4.79 Å². The minimum absolute atomic E-state index is 0.260. The molecule has 0 saturated carbocycles. The van der Waals surface area contributed by atoms with Crippen LogP contribution in [0.1, 0.15) is 11.4 Å². The number of carbonyl (C=O) groups excluding carboxylic acids is 1. The molecule has 4 heteroatoms. The standard InChI is InChI=1S/C9H14N2OS/c1-7-4-8(11(2)10-7)5-9(12)6-13-3/h4H,5-6H2,1-3H3. The zero-order valence-electron chi connectivity index (χ0n) is 8.20. The van der Waals surface area contributed by atoms with Gasteiger partial charge in [0.05, 0.1) is 11.4 Å². The zero-order valence-corrected chi connectivity index (χ0v) is 9.02. The van der Waals surface area contributed by atoms with E-state index in [0.29, 0.717) is 12.2 Å². The average Bonchev–Trinajstić information content (AvgIpc) is 2.30. The second-order valence-corrected chi connectivity index (χ2v) is 3.92.